The van der Waals surface area contributed by atoms with Crippen molar-refractivity contribution in [2.45, 2.75) is 19.2 Å². The minimum absolute atomic E-state index is 0.104. The fourth-order valence-corrected chi connectivity index (χ4v) is 1.89. The molecular formula is C17H13F4NO3. The van der Waals surface area contributed by atoms with Gasteiger partial charge < -0.3 is 10.1 Å². The summed E-state index contributed by atoms with van der Waals surface area (Å²) in [4.78, 5) is 23.8. The predicted octanol–water partition coefficient (Wildman–Crippen LogP) is 4.03. The van der Waals surface area contributed by atoms with E-state index in [2.05, 4.69) is 5.32 Å². The van der Waals surface area contributed by atoms with Crippen molar-refractivity contribution in [3.8, 4) is 0 Å². The highest BCUT2D eigenvalue weighted by Crippen LogP contribution is 2.29. The molecule has 0 heterocycles. The number of ether oxygens (including phenoxy) is 1. The lowest BCUT2D eigenvalue weighted by molar-refractivity contribution is -0.137. The zero-order chi connectivity index (χ0) is 18.6. The minimum atomic E-state index is -4.48. The van der Waals surface area contributed by atoms with Crippen LogP contribution < -0.4 is 5.32 Å². The van der Waals surface area contributed by atoms with Crippen LogP contribution in [0.25, 0.3) is 0 Å². The number of alkyl halides is 3. The number of amides is 1. The number of nitrogens with one attached hydrogen (secondary N) is 1. The van der Waals surface area contributed by atoms with E-state index in [0.29, 0.717) is 0 Å². The number of rotatable bonds is 4. The molecular weight excluding hydrogens is 342 g/mol. The summed E-state index contributed by atoms with van der Waals surface area (Å²) in [5.74, 6) is -2.57. The molecule has 0 bridgehead atoms. The maximum absolute atomic E-state index is 13.5. The summed E-state index contributed by atoms with van der Waals surface area (Å²) in [5.41, 5.74) is -1.08. The molecule has 0 fully saturated rings. The quantitative estimate of drug-likeness (QED) is 0.666. The van der Waals surface area contributed by atoms with Crippen LogP contribution in [0.1, 0.15) is 22.8 Å². The molecule has 0 saturated carbocycles. The van der Waals surface area contributed by atoms with Crippen LogP contribution in [0.15, 0.2) is 48.5 Å². The van der Waals surface area contributed by atoms with E-state index in [-0.39, 0.29) is 11.3 Å². The van der Waals surface area contributed by atoms with Crippen molar-refractivity contribution >= 4 is 17.6 Å². The SMILES string of the molecule is C[C@H](OC(=O)c1ccccc1F)C(=O)Nc1ccc(C(F)(F)F)cc1. The highest BCUT2D eigenvalue weighted by molar-refractivity contribution is 5.97. The molecule has 2 aromatic rings. The molecule has 0 aliphatic heterocycles. The van der Waals surface area contributed by atoms with E-state index in [1.165, 1.54) is 25.1 Å². The van der Waals surface area contributed by atoms with Gasteiger partial charge in [-0.25, -0.2) is 9.18 Å². The zero-order valence-corrected chi connectivity index (χ0v) is 12.9. The Kier molecular flexibility index (Phi) is 5.41. The molecule has 0 aliphatic carbocycles. The zero-order valence-electron chi connectivity index (χ0n) is 12.9. The molecule has 0 saturated heterocycles. The molecule has 0 unspecified atom stereocenters. The molecule has 0 spiro atoms. The molecule has 2 rings (SSSR count). The lowest BCUT2D eigenvalue weighted by Gasteiger charge is -2.14. The van der Waals surface area contributed by atoms with Crippen molar-refractivity contribution in [1.82, 2.24) is 0 Å². The average Bonchev–Trinajstić information content (AvgIpc) is 2.54. The van der Waals surface area contributed by atoms with Gasteiger partial charge in [-0.05, 0) is 43.3 Å². The summed E-state index contributed by atoms with van der Waals surface area (Å²) in [6.45, 7) is 1.26. The molecule has 1 atom stereocenters. The van der Waals surface area contributed by atoms with Gasteiger partial charge in [0, 0.05) is 5.69 Å². The minimum Gasteiger partial charge on any atom is -0.449 e. The van der Waals surface area contributed by atoms with Crippen molar-refractivity contribution in [3.63, 3.8) is 0 Å². The first-order valence-corrected chi connectivity index (χ1v) is 7.12. The molecule has 1 N–H and O–H groups in total. The molecule has 2 aromatic carbocycles. The number of halogens is 4. The third-order valence-corrected chi connectivity index (χ3v) is 3.23. The maximum atomic E-state index is 13.5. The second-order valence-corrected chi connectivity index (χ2v) is 5.09. The van der Waals surface area contributed by atoms with Gasteiger partial charge in [0.25, 0.3) is 5.91 Å². The van der Waals surface area contributed by atoms with Crippen molar-refractivity contribution in [2.24, 2.45) is 0 Å². The van der Waals surface area contributed by atoms with Crippen LogP contribution in [-0.2, 0) is 15.7 Å². The summed E-state index contributed by atoms with van der Waals surface area (Å²) in [7, 11) is 0. The van der Waals surface area contributed by atoms with Gasteiger partial charge in [0.2, 0.25) is 0 Å². The van der Waals surface area contributed by atoms with Gasteiger partial charge in [0.15, 0.2) is 6.10 Å². The highest BCUT2D eigenvalue weighted by atomic mass is 19.4. The molecule has 25 heavy (non-hydrogen) atoms. The van der Waals surface area contributed by atoms with Gasteiger partial charge in [-0.2, -0.15) is 13.2 Å². The third-order valence-electron chi connectivity index (χ3n) is 3.23. The van der Waals surface area contributed by atoms with Crippen LogP contribution in [0.3, 0.4) is 0 Å². The first-order chi connectivity index (χ1) is 11.7. The molecule has 1 amide bonds. The van der Waals surface area contributed by atoms with E-state index < -0.39 is 35.5 Å². The van der Waals surface area contributed by atoms with Crippen LogP contribution in [0.4, 0.5) is 23.2 Å². The Labute approximate surface area is 140 Å². The maximum Gasteiger partial charge on any atom is 0.416 e. The van der Waals surface area contributed by atoms with Crippen LogP contribution >= 0.6 is 0 Å². The lowest BCUT2D eigenvalue weighted by atomic mass is 10.2. The molecule has 8 heteroatoms. The van der Waals surface area contributed by atoms with Crippen molar-refractivity contribution in [1.29, 1.82) is 0 Å². The van der Waals surface area contributed by atoms with E-state index in [0.717, 1.165) is 30.3 Å². The van der Waals surface area contributed by atoms with Gasteiger partial charge >= 0.3 is 12.1 Å². The first-order valence-electron chi connectivity index (χ1n) is 7.12. The molecule has 0 radical (unpaired) electrons. The topological polar surface area (TPSA) is 55.4 Å². The van der Waals surface area contributed by atoms with Gasteiger partial charge in [-0.15, -0.1) is 0 Å². The number of carbonyl (C=O) groups excluding carboxylic acids is 2. The van der Waals surface area contributed by atoms with Crippen molar-refractivity contribution in [3.05, 3.63) is 65.5 Å². The summed E-state index contributed by atoms with van der Waals surface area (Å²) >= 11 is 0. The fourth-order valence-electron chi connectivity index (χ4n) is 1.89. The van der Waals surface area contributed by atoms with Gasteiger partial charge in [0.1, 0.15) is 5.82 Å². The Balaban J connectivity index is 1.98. The Morgan fingerprint density at radius 1 is 1.04 bits per heavy atom. The normalized spacial score (nSPS) is 12.4. The van der Waals surface area contributed by atoms with E-state index in [1.807, 2.05) is 0 Å². The van der Waals surface area contributed by atoms with Gasteiger partial charge in [0.05, 0.1) is 11.1 Å². The van der Waals surface area contributed by atoms with Crippen LogP contribution in [0.2, 0.25) is 0 Å². The molecule has 132 valence electrons. The largest absolute Gasteiger partial charge is 0.449 e. The Morgan fingerprint density at radius 3 is 2.20 bits per heavy atom. The average molecular weight is 355 g/mol. The Bertz CT molecular complexity index is 772. The highest BCUT2D eigenvalue weighted by Gasteiger charge is 2.30. The summed E-state index contributed by atoms with van der Waals surface area (Å²) < 4.78 is 55.8. The van der Waals surface area contributed by atoms with Crippen molar-refractivity contribution < 1.29 is 31.9 Å². The number of carbonyl (C=O) groups is 2. The van der Waals surface area contributed by atoms with Crippen LogP contribution in [0.5, 0.6) is 0 Å². The van der Waals surface area contributed by atoms with E-state index in [4.69, 9.17) is 4.74 Å². The molecule has 0 aliphatic rings. The smallest absolute Gasteiger partial charge is 0.416 e. The number of hydrogen-bond donors (Lipinski definition) is 1. The number of hydrogen-bond acceptors (Lipinski definition) is 3. The van der Waals surface area contributed by atoms with E-state index >= 15 is 0 Å². The summed E-state index contributed by atoms with van der Waals surface area (Å²) in [6, 6.07) is 8.89. The lowest BCUT2D eigenvalue weighted by Crippen LogP contribution is -2.30. The number of benzene rings is 2. The van der Waals surface area contributed by atoms with E-state index in [9.17, 15) is 27.2 Å². The monoisotopic (exact) mass is 355 g/mol. The fraction of sp³-hybridized carbons (Fsp3) is 0.176. The molecule has 0 aromatic heterocycles. The van der Waals surface area contributed by atoms with Crippen molar-refractivity contribution in [2.75, 3.05) is 5.32 Å². The van der Waals surface area contributed by atoms with Crippen LogP contribution in [0, 0.1) is 5.82 Å². The Hall–Kier alpha value is -2.90. The summed E-state index contributed by atoms with van der Waals surface area (Å²) in [6.07, 6.45) is -5.75. The van der Waals surface area contributed by atoms with Gasteiger partial charge in [-0.3, -0.25) is 4.79 Å². The first kappa shape index (κ1) is 18.4. The number of anilines is 1. The van der Waals surface area contributed by atoms with Crippen LogP contribution in [-0.4, -0.2) is 18.0 Å². The predicted molar refractivity (Wildman–Crippen MR) is 81.4 cm³/mol. The molecule has 4 nitrogen and oxygen atoms in total. The third kappa shape index (κ3) is 4.79. The number of esters is 1. The summed E-state index contributed by atoms with van der Waals surface area (Å²) in [5, 5.41) is 2.31. The van der Waals surface area contributed by atoms with Gasteiger partial charge in [-0.1, -0.05) is 12.1 Å². The second-order valence-electron chi connectivity index (χ2n) is 5.09. The standard InChI is InChI=1S/C17H13F4NO3/c1-10(25-16(24)13-4-2-3-5-14(13)18)15(23)22-12-8-6-11(7-9-12)17(19,20)21/h2-10H,1H3,(H,22,23)/t10-/m0/s1. The van der Waals surface area contributed by atoms with E-state index in [1.54, 1.807) is 0 Å². The second kappa shape index (κ2) is 7.33. The Morgan fingerprint density at radius 2 is 1.64 bits per heavy atom.